The van der Waals surface area contributed by atoms with Crippen LogP contribution in [0.3, 0.4) is 0 Å². The van der Waals surface area contributed by atoms with E-state index < -0.39 is 0 Å². The summed E-state index contributed by atoms with van der Waals surface area (Å²) in [4.78, 5) is 24.3. The van der Waals surface area contributed by atoms with E-state index in [4.69, 9.17) is 14.2 Å². The number of likely N-dealkylation sites (tertiary alicyclic amines) is 1. The predicted octanol–water partition coefficient (Wildman–Crippen LogP) is 4.85. The number of amides is 1. The Bertz CT molecular complexity index is 1140. The maximum Gasteiger partial charge on any atom is 0.260 e. The Balaban J connectivity index is 1.50. The maximum absolute atomic E-state index is 13.3. The summed E-state index contributed by atoms with van der Waals surface area (Å²) in [5.41, 5.74) is 2.36. The predicted molar refractivity (Wildman–Crippen MR) is 119 cm³/mol. The molecule has 3 aromatic rings. The average molecular weight is 431 g/mol. The number of carbonyl (C=O) groups is 1. The molecule has 0 unspecified atom stereocenters. The molecule has 1 aromatic heterocycles. The molecule has 0 N–H and O–H groups in total. The number of fused-ring (bicyclic) bond motifs is 1. The SMILES string of the molecule is Cc1ccc(-c2ncc(C(=O)N3CCC(C)CC3)c(Oc3ccc4c(c3)OCO4)n2)cc1. The highest BCUT2D eigenvalue weighted by molar-refractivity contribution is 5.96. The van der Waals surface area contributed by atoms with Gasteiger partial charge in [0.25, 0.3) is 5.91 Å². The van der Waals surface area contributed by atoms with Crippen LogP contribution in [-0.4, -0.2) is 40.7 Å². The molecule has 0 radical (unpaired) electrons. The summed E-state index contributed by atoms with van der Waals surface area (Å²) in [7, 11) is 0. The fourth-order valence-corrected chi connectivity index (χ4v) is 3.87. The van der Waals surface area contributed by atoms with Crippen LogP contribution < -0.4 is 14.2 Å². The van der Waals surface area contributed by atoms with Crippen molar-refractivity contribution in [2.24, 2.45) is 5.92 Å². The molecule has 1 saturated heterocycles. The maximum atomic E-state index is 13.3. The highest BCUT2D eigenvalue weighted by Crippen LogP contribution is 2.37. The smallest absolute Gasteiger partial charge is 0.260 e. The molecule has 1 amide bonds. The van der Waals surface area contributed by atoms with Crippen molar-refractivity contribution in [3.63, 3.8) is 0 Å². The lowest BCUT2D eigenvalue weighted by Crippen LogP contribution is -2.38. The topological polar surface area (TPSA) is 73.8 Å². The average Bonchev–Trinajstić information content (AvgIpc) is 3.28. The van der Waals surface area contributed by atoms with E-state index in [1.165, 1.54) is 0 Å². The zero-order chi connectivity index (χ0) is 22.1. The third kappa shape index (κ3) is 4.10. The second kappa shape index (κ2) is 8.49. The Morgan fingerprint density at radius 2 is 1.81 bits per heavy atom. The van der Waals surface area contributed by atoms with Crippen molar-refractivity contribution >= 4 is 5.91 Å². The number of nitrogens with zero attached hydrogens (tertiary/aromatic N) is 3. The minimum Gasteiger partial charge on any atom is -0.454 e. The number of rotatable bonds is 4. The van der Waals surface area contributed by atoms with Gasteiger partial charge in [0.2, 0.25) is 12.7 Å². The second-order valence-electron chi connectivity index (χ2n) is 8.37. The van der Waals surface area contributed by atoms with Crippen molar-refractivity contribution in [3.05, 3.63) is 59.8 Å². The standard InChI is InChI=1S/C25H25N3O4/c1-16-3-5-18(6-4-16)23-26-14-20(25(29)28-11-9-17(2)10-12-28)24(27-23)32-19-7-8-21-22(13-19)31-15-30-21/h3-8,13-14,17H,9-12,15H2,1-2H3. The van der Waals surface area contributed by atoms with Crippen LogP contribution >= 0.6 is 0 Å². The molecule has 164 valence electrons. The van der Waals surface area contributed by atoms with Gasteiger partial charge in [0.05, 0.1) is 0 Å². The van der Waals surface area contributed by atoms with Gasteiger partial charge in [-0.1, -0.05) is 36.8 Å². The molecule has 2 aliphatic rings. The van der Waals surface area contributed by atoms with Crippen LogP contribution in [0.4, 0.5) is 0 Å². The number of aromatic nitrogens is 2. The highest BCUT2D eigenvalue weighted by Gasteiger charge is 2.26. The van der Waals surface area contributed by atoms with Gasteiger partial charge in [-0.3, -0.25) is 4.79 Å². The van der Waals surface area contributed by atoms with E-state index in [-0.39, 0.29) is 18.6 Å². The Labute approximate surface area is 187 Å². The molecule has 2 aromatic carbocycles. The molecule has 1 fully saturated rings. The summed E-state index contributed by atoms with van der Waals surface area (Å²) in [6.07, 6.45) is 3.56. The quantitative estimate of drug-likeness (QED) is 0.588. The van der Waals surface area contributed by atoms with Gasteiger partial charge in [-0.05, 0) is 37.8 Å². The van der Waals surface area contributed by atoms with Gasteiger partial charge in [-0.2, -0.15) is 4.98 Å². The van der Waals surface area contributed by atoms with E-state index in [1.807, 2.05) is 36.1 Å². The number of carbonyl (C=O) groups excluding carboxylic acids is 1. The monoisotopic (exact) mass is 431 g/mol. The van der Waals surface area contributed by atoms with E-state index in [0.29, 0.717) is 34.6 Å². The first kappa shape index (κ1) is 20.3. The first-order valence-corrected chi connectivity index (χ1v) is 10.9. The fourth-order valence-electron chi connectivity index (χ4n) is 3.87. The van der Waals surface area contributed by atoms with Crippen molar-refractivity contribution in [2.75, 3.05) is 19.9 Å². The number of ether oxygens (including phenoxy) is 3. The molecular weight excluding hydrogens is 406 g/mol. The molecule has 0 aliphatic carbocycles. The van der Waals surface area contributed by atoms with Gasteiger partial charge in [0.1, 0.15) is 11.3 Å². The van der Waals surface area contributed by atoms with Gasteiger partial charge in [-0.15, -0.1) is 0 Å². The zero-order valence-corrected chi connectivity index (χ0v) is 18.2. The Morgan fingerprint density at radius 1 is 1.06 bits per heavy atom. The van der Waals surface area contributed by atoms with Crippen molar-refractivity contribution < 1.29 is 19.0 Å². The summed E-state index contributed by atoms with van der Waals surface area (Å²) >= 11 is 0. The normalized spacial score (nSPS) is 15.6. The number of aryl methyl sites for hydroxylation is 1. The van der Waals surface area contributed by atoms with Crippen LogP contribution in [0.15, 0.2) is 48.7 Å². The third-order valence-corrected chi connectivity index (χ3v) is 5.92. The first-order chi connectivity index (χ1) is 15.6. The van der Waals surface area contributed by atoms with Crippen molar-refractivity contribution in [1.82, 2.24) is 14.9 Å². The lowest BCUT2D eigenvalue weighted by molar-refractivity contribution is 0.0693. The summed E-state index contributed by atoms with van der Waals surface area (Å²) < 4.78 is 16.9. The minimum atomic E-state index is -0.108. The van der Waals surface area contributed by atoms with Crippen molar-refractivity contribution in [3.8, 4) is 34.5 Å². The number of hydrogen-bond acceptors (Lipinski definition) is 6. The van der Waals surface area contributed by atoms with Crippen molar-refractivity contribution in [1.29, 1.82) is 0 Å². The Hall–Kier alpha value is -3.61. The zero-order valence-electron chi connectivity index (χ0n) is 18.2. The van der Waals surface area contributed by atoms with Gasteiger partial charge < -0.3 is 19.1 Å². The Kier molecular flexibility index (Phi) is 5.39. The summed E-state index contributed by atoms with van der Waals surface area (Å²) in [6.45, 7) is 5.88. The molecule has 3 heterocycles. The van der Waals surface area contributed by atoms with Gasteiger partial charge in [-0.25, -0.2) is 4.98 Å². The van der Waals surface area contributed by atoms with E-state index in [0.717, 1.165) is 37.1 Å². The molecule has 7 nitrogen and oxygen atoms in total. The number of benzene rings is 2. The summed E-state index contributed by atoms with van der Waals surface area (Å²) in [5.74, 6) is 3.05. The molecule has 5 rings (SSSR count). The van der Waals surface area contributed by atoms with E-state index in [9.17, 15) is 4.79 Å². The van der Waals surface area contributed by atoms with Crippen LogP contribution in [0.1, 0.15) is 35.7 Å². The molecule has 0 bridgehead atoms. The van der Waals surface area contributed by atoms with Crippen molar-refractivity contribution in [2.45, 2.75) is 26.7 Å². The number of piperidine rings is 1. The minimum absolute atomic E-state index is 0.108. The van der Waals surface area contributed by atoms with E-state index >= 15 is 0 Å². The molecule has 2 aliphatic heterocycles. The molecule has 7 heteroatoms. The third-order valence-electron chi connectivity index (χ3n) is 5.92. The van der Waals surface area contributed by atoms with Gasteiger partial charge >= 0.3 is 0 Å². The summed E-state index contributed by atoms with van der Waals surface area (Å²) in [6, 6.07) is 13.2. The van der Waals surface area contributed by atoms with E-state index in [1.54, 1.807) is 24.4 Å². The van der Waals surface area contributed by atoms with Gasteiger partial charge in [0, 0.05) is 30.9 Å². The molecule has 0 spiro atoms. The Morgan fingerprint density at radius 3 is 2.59 bits per heavy atom. The number of hydrogen-bond donors (Lipinski definition) is 0. The first-order valence-electron chi connectivity index (χ1n) is 10.9. The largest absolute Gasteiger partial charge is 0.454 e. The fraction of sp³-hybridized carbons (Fsp3) is 0.320. The van der Waals surface area contributed by atoms with Crippen LogP contribution in [0.25, 0.3) is 11.4 Å². The molecular formula is C25H25N3O4. The molecule has 32 heavy (non-hydrogen) atoms. The van der Waals surface area contributed by atoms with Crippen LogP contribution in [0, 0.1) is 12.8 Å². The van der Waals surface area contributed by atoms with Crippen LogP contribution in [-0.2, 0) is 0 Å². The highest BCUT2D eigenvalue weighted by atomic mass is 16.7. The summed E-state index contributed by atoms with van der Waals surface area (Å²) in [5, 5.41) is 0. The second-order valence-corrected chi connectivity index (χ2v) is 8.37. The lowest BCUT2D eigenvalue weighted by Gasteiger charge is -2.30. The molecule has 0 saturated carbocycles. The molecule has 0 atom stereocenters. The van der Waals surface area contributed by atoms with Crippen LogP contribution in [0.2, 0.25) is 0 Å². The van der Waals surface area contributed by atoms with Crippen LogP contribution in [0.5, 0.6) is 23.1 Å². The lowest BCUT2D eigenvalue weighted by atomic mass is 9.99. The van der Waals surface area contributed by atoms with E-state index in [2.05, 4.69) is 16.9 Å². The van der Waals surface area contributed by atoms with Gasteiger partial charge in [0.15, 0.2) is 17.3 Å².